The predicted molar refractivity (Wildman–Crippen MR) is 339 cm³/mol. The molecule has 0 aliphatic carbocycles. The second kappa shape index (κ2) is 29.3. The first-order valence-electron chi connectivity index (χ1n) is 31.4. The van der Waals surface area contributed by atoms with Crippen molar-refractivity contribution in [3.8, 4) is 57.1 Å². The standard InChI is InChI=1S/C66H77N9O24/c1-25(2)16-36(69-5)58(86)74-49-51(81)27-6-11-32(12-7-27)95-40-18-30-19-41(55(40)99-65-56(54(84)53(83)42(24-76)97-65)98-44-23-66(4,68)57(85)26(3)94-44)96-33-13-8-28(9-14-33)52(82)50-63(91)73-48(64(92)93)35-20-31(77)21-39(79)45(35)34-17-29(10-15-38(34)78)46(60(88)75-50)72-61(89)47(30)71-59(87)37(22-43(67)80)70-62(49)90/h6-15,17-21,25-26,36-37,42,44,46-54,56-57,65,69,76-79,81-85H,16,22-24,68H2,1-5H3,(H2,67,80)(H,70,90)(H,71,87)(H,72,89)(H,73,91)(H,74,86)(H,75,88)(H,92,93)/t26-,36-,37+,42+,44-,46-,47-,48-,49-,50+,51-,52-,53+,54-,56+,57+,65-,66-/m0/s1. The molecule has 530 valence electrons. The largest absolute Gasteiger partial charge is 0.508 e. The van der Waals surface area contributed by atoms with Crippen LogP contribution in [0.5, 0.6) is 46.0 Å². The van der Waals surface area contributed by atoms with Crippen LogP contribution in [0.3, 0.4) is 0 Å². The number of hydrogen-bond donors (Lipinski definition) is 19. The second-order valence-electron chi connectivity index (χ2n) is 25.5. The smallest absolute Gasteiger partial charge is 0.330 e. The van der Waals surface area contributed by atoms with Gasteiger partial charge in [0, 0.05) is 34.7 Å². The summed E-state index contributed by atoms with van der Waals surface area (Å²) in [5.41, 5.74) is 8.48. The maximum atomic E-state index is 16.0. The molecule has 12 rings (SSSR count). The van der Waals surface area contributed by atoms with E-state index in [1.54, 1.807) is 0 Å². The number of primary amides is 1. The van der Waals surface area contributed by atoms with Crippen LogP contribution in [-0.4, -0.2) is 191 Å². The maximum Gasteiger partial charge on any atom is 0.330 e. The highest BCUT2D eigenvalue weighted by atomic mass is 16.8. The molecule has 99 heavy (non-hydrogen) atoms. The Hall–Kier alpha value is -9.78. The number of aliphatic hydroxyl groups is 6. The molecule has 2 fully saturated rings. The molecule has 7 amide bonds. The Labute approximate surface area is 563 Å². The molecule has 0 saturated carbocycles. The maximum absolute atomic E-state index is 16.0. The molecule has 0 unspecified atom stereocenters. The number of likely N-dealkylation sites (N-methyl/N-ethyl adjacent to an activating group) is 1. The number of ether oxygens (including phenoxy) is 6. The Balaban J connectivity index is 1.21. The van der Waals surface area contributed by atoms with Crippen LogP contribution < -0.4 is 62.9 Å². The summed E-state index contributed by atoms with van der Waals surface area (Å²) in [6.07, 6.45) is -17.9. The minimum Gasteiger partial charge on any atom is -0.508 e. The first-order chi connectivity index (χ1) is 46.8. The highest BCUT2D eigenvalue weighted by molar-refractivity contribution is 6.00. The summed E-state index contributed by atoms with van der Waals surface area (Å²) in [6.45, 7) is 5.76. The van der Waals surface area contributed by atoms with Crippen molar-refractivity contribution in [3.63, 3.8) is 0 Å². The zero-order chi connectivity index (χ0) is 71.8. The van der Waals surface area contributed by atoms with Crippen LogP contribution in [0.4, 0.5) is 0 Å². The summed E-state index contributed by atoms with van der Waals surface area (Å²) in [5.74, 6) is -14.8. The lowest BCUT2D eigenvalue weighted by Crippen LogP contribution is -2.64. The Morgan fingerprint density at radius 1 is 0.707 bits per heavy atom. The third kappa shape index (κ3) is 15.4. The molecule has 0 aromatic heterocycles. The molecule has 7 heterocycles. The van der Waals surface area contributed by atoms with Gasteiger partial charge < -0.3 is 128 Å². The minimum atomic E-state index is -2.27. The number of nitrogens with two attached hydrogens (primary N) is 2. The van der Waals surface area contributed by atoms with Gasteiger partial charge in [0.05, 0.1) is 31.3 Å². The number of fused-ring (bicyclic) bond motifs is 15. The average molecular weight is 1380 g/mol. The third-order valence-electron chi connectivity index (χ3n) is 17.6. The number of nitrogens with one attached hydrogen (secondary N) is 7. The van der Waals surface area contributed by atoms with Crippen LogP contribution in [-0.2, 0) is 52.6 Å². The number of amides is 7. The van der Waals surface area contributed by atoms with Gasteiger partial charge in [0.1, 0.15) is 89.5 Å². The molecule has 5 aromatic carbocycles. The summed E-state index contributed by atoms with van der Waals surface area (Å²) in [7, 11) is 1.49. The number of rotatable bonds is 13. The van der Waals surface area contributed by atoms with Crippen LogP contribution in [0.1, 0.15) is 105 Å². The molecule has 33 heteroatoms. The molecule has 11 bridgehead atoms. The molecule has 2 saturated heterocycles. The van der Waals surface area contributed by atoms with E-state index in [0.717, 1.165) is 42.5 Å². The van der Waals surface area contributed by atoms with Crippen LogP contribution >= 0.6 is 0 Å². The van der Waals surface area contributed by atoms with Gasteiger partial charge in [0.15, 0.2) is 29.9 Å². The number of aliphatic hydroxyl groups excluding tert-OH is 6. The number of benzene rings is 5. The molecular weight excluding hydrogens is 1300 g/mol. The monoisotopic (exact) mass is 1380 g/mol. The fraction of sp³-hybridized carbons (Fsp3) is 0.424. The number of carboxylic acid groups (broad SMARTS) is 1. The van der Waals surface area contributed by atoms with Crippen molar-refractivity contribution in [2.75, 3.05) is 13.7 Å². The zero-order valence-corrected chi connectivity index (χ0v) is 53.7. The number of hydrogen-bond acceptors (Lipinski definition) is 25. The lowest BCUT2D eigenvalue weighted by atomic mass is 9.86. The van der Waals surface area contributed by atoms with E-state index in [2.05, 4.69) is 37.2 Å². The highest BCUT2D eigenvalue weighted by Crippen LogP contribution is 2.48. The Morgan fingerprint density at radius 2 is 1.30 bits per heavy atom. The highest BCUT2D eigenvalue weighted by Gasteiger charge is 2.51. The fourth-order valence-corrected chi connectivity index (χ4v) is 12.4. The van der Waals surface area contributed by atoms with Gasteiger partial charge in [-0.25, -0.2) is 4.79 Å². The lowest BCUT2D eigenvalue weighted by molar-refractivity contribution is -0.333. The van der Waals surface area contributed by atoms with Crippen molar-refractivity contribution in [1.29, 1.82) is 0 Å². The van der Waals surface area contributed by atoms with Gasteiger partial charge in [-0.2, -0.15) is 0 Å². The second-order valence-corrected chi connectivity index (χ2v) is 25.5. The minimum absolute atomic E-state index is 0.0323. The molecule has 0 radical (unpaired) electrons. The molecule has 21 N–H and O–H groups in total. The molecule has 33 nitrogen and oxygen atoms in total. The number of phenolic OH excluding ortho intramolecular Hbond substituents is 3. The van der Waals surface area contributed by atoms with Gasteiger partial charge in [-0.3, -0.25) is 33.6 Å². The van der Waals surface area contributed by atoms with E-state index in [9.17, 15) is 75.0 Å². The third-order valence-corrected chi connectivity index (χ3v) is 17.6. The first-order valence-corrected chi connectivity index (χ1v) is 31.4. The number of aliphatic carboxylic acids is 1. The summed E-state index contributed by atoms with van der Waals surface area (Å²) in [5, 5.41) is 131. The van der Waals surface area contributed by atoms with Gasteiger partial charge in [-0.15, -0.1) is 0 Å². The topological polar surface area (TPSA) is 530 Å². The summed E-state index contributed by atoms with van der Waals surface area (Å²) < 4.78 is 38.3. The van der Waals surface area contributed by atoms with Crippen molar-refractivity contribution >= 4 is 47.3 Å². The Bertz CT molecular complexity index is 3920. The van der Waals surface area contributed by atoms with Gasteiger partial charge in [0.2, 0.25) is 53.4 Å². The molecule has 7 aliphatic rings. The van der Waals surface area contributed by atoms with Crippen LogP contribution in [0.15, 0.2) is 91.0 Å². The lowest BCUT2D eigenvalue weighted by Gasteiger charge is -2.47. The number of carboxylic acids is 1. The van der Waals surface area contributed by atoms with Gasteiger partial charge in [-0.05, 0) is 110 Å². The van der Waals surface area contributed by atoms with E-state index < -0.39 is 226 Å². The van der Waals surface area contributed by atoms with E-state index in [1.165, 1.54) is 69.4 Å². The SMILES string of the molecule is CN[C@@H](CC(C)C)C(=O)N[C@@H]1C(=O)N[C@H](CC(N)=O)C(=O)N[C@@H]2C(=O)N[C@@H]3C(=O)N[C@@H](C(=O)N[C@H](C(=O)O)c4cc(O)cc(O)c4-c4cc3ccc4O)[C@@H](O)c3ccc(cc3)Oc3cc2cc(c3O[C@@H]2O[C@H](CO)[C@@H](O)[C@H](O)[C@H]2O[C@H]2C[C@](C)(N)[C@H](O)[C@H](C)O2)Oc2ccc(cc2)[C@@H]1O. The zero-order valence-electron chi connectivity index (χ0n) is 53.7. The number of carbonyl (C=O) groups is 8. The van der Waals surface area contributed by atoms with E-state index in [0.29, 0.717) is 0 Å². The van der Waals surface area contributed by atoms with Crippen LogP contribution in [0.25, 0.3) is 11.1 Å². The molecule has 18 atom stereocenters. The molecule has 5 aromatic rings. The van der Waals surface area contributed by atoms with Gasteiger partial charge in [0.25, 0.3) is 0 Å². The van der Waals surface area contributed by atoms with Crippen molar-refractivity contribution < 1.29 is 118 Å². The van der Waals surface area contributed by atoms with Crippen molar-refractivity contribution in [3.05, 3.63) is 119 Å². The average Bonchev–Trinajstić information content (AvgIpc) is 0.772. The van der Waals surface area contributed by atoms with Crippen molar-refractivity contribution in [1.82, 2.24) is 37.2 Å². The summed E-state index contributed by atoms with van der Waals surface area (Å²) in [6, 6.07) is 3.21. The predicted octanol–water partition coefficient (Wildman–Crippen LogP) is -1.20. The van der Waals surface area contributed by atoms with Gasteiger partial charge >= 0.3 is 5.97 Å². The van der Waals surface area contributed by atoms with Crippen molar-refractivity contribution in [2.24, 2.45) is 17.4 Å². The number of carbonyl (C=O) groups excluding carboxylic acids is 7. The number of phenols is 3. The van der Waals surface area contributed by atoms with Gasteiger partial charge in [-0.1, -0.05) is 44.2 Å². The molecule has 0 spiro atoms. The number of aromatic hydroxyl groups is 3. The Kier molecular flexibility index (Phi) is 21.3. The van der Waals surface area contributed by atoms with E-state index >= 15 is 14.4 Å². The van der Waals surface area contributed by atoms with E-state index in [-0.39, 0.29) is 46.9 Å². The van der Waals surface area contributed by atoms with Crippen LogP contribution in [0.2, 0.25) is 0 Å². The van der Waals surface area contributed by atoms with E-state index in [4.69, 9.17) is 39.9 Å². The normalized spacial score (nSPS) is 29.8. The Morgan fingerprint density at radius 3 is 1.89 bits per heavy atom. The quantitative estimate of drug-likeness (QED) is 0.0658. The van der Waals surface area contributed by atoms with Crippen molar-refractivity contribution in [2.45, 2.75) is 156 Å². The molecular formula is C66H77N9O24. The molecule has 7 aliphatic heterocycles. The van der Waals surface area contributed by atoms with Crippen LogP contribution in [0, 0.1) is 5.92 Å². The van der Waals surface area contributed by atoms with E-state index in [1.807, 2.05) is 13.8 Å². The summed E-state index contributed by atoms with van der Waals surface area (Å²) >= 11 is 0. The first kappa shape index (κ1) is 72.0. The fourth-order valence-electron chi connectivity index (χ4n) is 12.4. The summed E-state index contributed by atoms with van der Waals surface area (Å²) in [4.78, 5) is 116.